The van der Waals surface area contributed by atoms with E-state index in [1.54, 1.807) is 5.38 Å². The Kier molecular flexibility index (Phi) is 5.45. The van der Waals surface area contributed by atoms with Crippen molar-refractivity contribution >= 4 is 45.5 Å². The number of halogens is 1. The topological polar surface area (TPSA) is 61.4 Å². The van der Waals surface area contributed by atoms with Crippen LogP contribution >= 0.6 is 22.9 Å². The van der Waals surface area contributed by atoms with Crippen molar-refractivity contribution in [1.82, 2.24) is 14.9 Å². The predicted octanol–water partition coefficient (Wildman–Crippen LogP) is 4.21. The normalized spacial score (nSPS) is 14.2. The van der Waals surface area contributed by atoms with E-state index in [1.807, 2.05) is 54.3 Å². The Morgan fingerprint density at radius 2 is 1.86 bits per heavy atom. The first kappa shape index (κ1) is 18.7. The van der Waals surface area contributed by atoms with Crippen molar-refractivity contribution < 1.29 is 4.79 Å². The fourth-order valence-electron chi connectivity index (χ4n) is 3.17. The molecule has 144 valence electrons. The van der Waals surface area contributed by atoms with Gasteiger partial charge in [0, 0.05) is 37.3 Å². The minimum absolute atomic E-state index is 0.0414. The first-order valence-corrected chi connectivity index (χ1v) is 10.3. The van der Waals surface area contributed by atoms with Crippen LogP contribution in [0.2, 0.25) is 5.02 Å². The van der Waals surface area contributed by atoms with Gasteiger partial charge in [0.2, 0.25) is 0 Å². The summed E-state index contributed by atoms with van der Waals surface area (Å²) in [6.07, 6.45) is 0. The van der Waals surface area contributed by atoms with Gasteiger partial charge in [-0.3, -0.25) is 4.79 Å². The van der Waals surface area contributed by atoms with E-state index in [-0.39, 0.29) is 5.91 Å². The minimum atomic E-state index is -0.0414. The quantitative estimate of drug-likeness (QED) is 0.694. The molecule has 1 fully saturated rings. The molecule has 4 rings (SSSR count). The van der Waals surface area contributed by atoms with Crippen molar-refractivity contribution in [3.63, 3.8) is 0 Å². The molecule has 1 N–H and O–H groups in total. The highest BCUT2D eigenvalue weighted by molar-refractivity contribution is 7.14. The minimum Gasteiger partial charge on any atom is -0.367 e. The third-order valence-electron chi connectivity index (χ3n) is 4.61. The van der Waals surface area contributed by atoms with Gasteiger partial charge in [-0.2, -0.15) is 0 Å². The molecule has 0 saturated carbocycles. The average Bonchev–Trinajstić information content (AvgIpc) is 3.16. The number of thiazole rings is 1. The lowest BCUT2D eigenvalue weighted by Gasteiger charge is -2.36. The maximum atomic E-state index is 12.8. The van der Waals surface area contributed by atoms with Gasteiger partial charge in [-0.15, -0.1) is 11.3 Å². The number of aryl methyl sites for hydroxylation is 1. The van der Waals surface area contributed by atoms with Crippen molar-refractivity contribution in [3.8, 4) is 0 Å². The van der Waals surface area contributed by atoms with Crippen LogP contribution in [-0.2, 0) is 0 Å². The molecule has 0 spiro atoms. The Labute approximate surface area is 172 Å². The lowest BCUT2D eigenvalue weighted by Crippen LogP contribution is -2.49. The summed E-state index contributed by atoms with van der Waals surface area (Å²) >= 11 is 7.69. The summed E-state index contributed by atoms with van der Waals surface area (Å²) in [6, 6.07) is 13.5. The molecule has 0 atom stereocenters. The third-order valence-corrected chi connectivity index (χ3v) is 5.68. The SMILES string of the molecule is Cc1cccc(Nc2nc(C(=O)N3CCN(c4ccccc4Cl)CC3)cs2)n1. The van der Waals surface area contributed by atoms with Crippen LogP contribution in [0.1, 0.15) is 16.2 Å². The fraction of sp³-hybridized carbons (Fsp3) is 0.250. The van der Waals surface area contributed by atoms with Gasteiger partial charge in [-0.25, -0.2) is 9.97 Å². The number of pyridine rings is 1. The number of nitrogens with one attached hydrogen (secondary N) is 1. The summed E-state index contributed by atoms with van der Waals surface area (Å²) in [5.74, 6) is 0.682. The number of hydrogen-bond acceptors (Lipinski definition) is 6. The van der Waals surface area contributed by atoms with Gasteiger partial charge in [0.05, 0.1) is 10.7 Å². The van der Waals surface area contributed by atoms with E-state index in [1.165, 1.54) is 11.3 Å². The molecule has 3 aromatic rings. The van der Waals surface area contributed by atoms with Crippen LogP contribution in [0.15, 0.2) is 47.8 Å². The Balaban J connectivity index is 1.38. The van der Waals surface area contributed by atoms with Gasteiger partial charge >= 0.3 is 0 Å². The zero-order valence-electron chi connectivity index (χ0n) is 15.4. The Hall–Kier alpha value is -2.64. The van der Waals surface area contributed by atoms with Crippen LogP contribution in [0.3, 0.4) is 0 Å². The number of para-hydroxylation sites is 1. The Bertz CT molecular complexity index is 984. The van der Waals surface area contributed by atoms with Crippen LogP contribution in [0.25, 0.3) is 0 Å². The number of rotatable bonds is 4. The van der Waals surface area contributed by atoms with E-state index in [2.05, 4.69) is 20.2 Å². The summed E-state index contributed by atoms with van der Waals surface area (Å²) < 4.78 is 0. The largest absolute Gasteiger partial charge is 0.367 e. The number of nitrogens with zero attached hydrogens (tertiary/aromatic N) is 4. The number of anilines is 3. The smallest absolute Gasteiger partial charge is 0.273 e. The van der Waals surface area contributed by atoms with E-state index < -0.39 is 0 Å². The molecule has 0 unspecified atom stereocenters. The second-order valence-corrected chi connectivity index (χ2v) is 7.82. The number of piperazine rings is 1. The molecule has 28 heavy (non-hydrogen) atoms. The van der Waals surface area contributed by atoms with Gasteiger partial charge in [0.15, 0.2) is 5.13 Å². The number of benzene rings is 1. The molecular weight excluding hydrogens is 394 g/mol. The second kappa shape index (κ2) is 8.16. The lowest BCUT2D eigenvalue weighted by molar-refractivity contribution is 0.0742. The molecule has 3 heterocycles. The molecule has 1 aromatic carbocycles. The molecule has 1 saturated heterocycles. The number of carbonyl (C=O) groups is 1. The van der Waals surface area contributed by atoms with E-state index in [0.717, 1.165) is 35.3 Å². The molecule has 1 aliphatic heterocycles. The molecule has 0 radical (unpaired) electrons. The predicted molar refractivity (Wildman–Crippen MR) is 114 cm³/mol. The summed E-state index contributed by atoms with van der Waals surface area (Å²) in [6.45, 7) is 4.72. The van der Waals surface area contributed by atoms with E-state index >= 15 is 0 Å². The van der Waals surface area contributed by atoms with Crippen LogP contribution in [0.5, 0.6) is 0 Å². The summed E-state index contributed by atoms with van der Waals surface area (Å²) in [4.78, 5) is 25.7. The van der Waals surface area contributed by atoms with Crippen molar-refractivity contribution in [2.75, 3.05) is 36.4 Å². The molecule has 6 nitrogen and oxygen atoms in total. The first-order chi connectivity index (χ1) is 13.6. The van der Waals surface area contributed by atoms with Gasteiger partial charge in [-0.1, -0.05) is 29.8 Å². The second-order valence-electron chi connectivity index (χ2n) is 6.56. The van der Waals surface area contributed by atoms with Crippen LogP contribution in [0.4, 0.5) is 16.6 Å². The highest BCUT2D eigenvalue weighted by Gasteiger charge is 2.24. The fourth-order valence-corrected chi connectivity index (χ4v) is 4.12. The Morgan fingerprint density at radius 1 is 1.07 bits per heavy atom. The van der Waals surface area contributed by atoms with Crippen molar-refractivity contribution in [2.45, 2.75) is 6.92 Å². The highest BCUT2D eigenvalue weighted by Crippen LogP contribution is 2.27. The van der Waals surface area contributed by atoms with Crippen molar-refractivity contribution in [1.29, 1.82) is 0 Å². The maximum Gasteiger partial charge on any atom is 0.273 e. The summed E-state index contributed by atoms with van der Waals surface area (Å²) in [5, 5.41) is 6.35. The number of amides is 1. The molecule has 0 aliphatic carbocycles. The van der Waals surface area contributed by atoms with Crippen molar-refractivity contribution in [3.05, 3.63) is 64.3 Å². The number of hydrogen-bond donors (Lipinski definition) is 1. The zero-order valence-corrected chi connectivity index (χ0v) is 17.0. The molecular formula is C20H20ClN5OS. The van der Waals surface area contributed by atoms with E-state index in [9.17, 15) is 4.79 Å². The molecule has 2 aromatic heterocycles. The number of carbonyl (C=O) groups excluding carboxylic acids is 1. The van der Waals surface area contributed by atoms with Gasteiger partial charge in [-0.05, 0) is 31.2 Å². The molecule has 0 bridgehead atoms. The van der Waals surface area contributed by atoms with Gasteiger partial charge in [0.1, 0.15) is 11.5 Å². The van der Waals surface area contributed by atoms with Gasteiger partial charge < -0.3 is 15.1 Å². The monoisotopic (exact) mass is 413 g/mol. The molecule has 1 amide bonds. The van der Waals surface area contributed by atoms with Crippen LogP contribution in [-0.4, -0.2) is 47.0 Å². The maximum absolute atomic E-state index is 12.8. The Morgan fingerprint density at radius 3 is 2.61 bits per heavy atom. The molecule has 8 heteroatoms. The van der Waals surface area contributed by atoms with Crippen LogP contribution in [0, 0.1) is 6.92 Å². The summed E-state index contributed by atoms with van der Waals surface area (Å²) in [5.41, 5.74) is 2.41. The standard InChI is InChI=1S/C20H20ClN5OS/c1-14-5-4-8-18(22-14)24-20-23-16(13-28-20)19(27)26-11-9-25(10-12-26)17-7-3-2-6-15(17)21/h2-8,13H,9-12H2,1H3,(H,22,23,24). The van der Waals surface area contributed by atoms with E-state index in [4.69, 9.17) is 11.6 Å². The zero-order chi connectivity index (χ0) is 19.5. The van der Waals surface area contributed by atoms with Gasteiger partial charge in [0.25, 0.3) is 5.91 Å². The lowest BCUT2D eigenvalue weighted by atomic mass is 10.2. The third kappa shape index (κ3) is 4.10. The highest BCUT2D eigenvalue weighted by atomic mass is 35.5. The number of aromatic nitrogens is 2. The first-order valence-electron chi connectivity index (χ1n) is 9.05. The van der Waals surface area contributed by atoms with Crippen LogP contribution < -0.4 is 10.2 Å². The summed E-state index contributed by atoms with van der Waals surface area (Å²) in [7, 11) is 0. The van der Waals surface area contributed by atoms with E-state index in [0.29, 0.717) is 23.9 Å². The average molecular weight is 414 g/mol. The van der Waals surface area contributed by atoms with Crippen molar-refractivity contribution in [2.24, 2.45) is 0 Å². The molecule has 1 aliphatic rings.